The lowest BCUT2D eigenvalue weighted by molar-refractivity contribution is -0.139. The van der Waals surface area contributed by atoms with Gasteiger partial charge in [-0.25, -0.2) is 13.2 Å². The number of hydrogen-bond acceptors (Lipinski definition) is 6. The van der Waals surface area contributed by atoms with Crippen molar-refractivity contribution in [2.45, 2.75) is 41.8 Å². The number of nitrogens with zero attached hydrogens (tertiary/aromatic N) is 1. The Kier molecular flexibility index (Phi) is 10.2. The molecule has 0 heterocycles. The summed E-state index contributed by atoms with van der Waals surface area (Å²) in [6.07, 6.45) is -0.121. The van der Waals surface area contributed by atoms with Crippen LogP contribution in [0, 0.1) is 0 Å². The average molecular weight is 594 g/mol. The number of aliphatic hydroxyl groups is 1. The fourth-order valence-electron chi connectivity index (χ4n) is 4.59. The molecule has 0 radical (unpaired) electrons. The van der Waals surface area contributed by atoms with Gasteiger partial charge < -0.3 is 14.9 Å². The van der Waals surface area contributed by atoms with Crippen molar-refractivity contribution in [3.8, 4) is 5.75 Å². The number of carboxylic acids is 1. The maximum atomic E-state index is 13.4. The van der Waals surface area contributed by atoms with Gasteiger partial charge in [0.25, 0.3) is 0 Å². The monoisotopic (exact) mass is 593 g/mol. The number of carbonyl (C=O) groups is 1. The van der Waals surface area contributed by atoms with Crippen LogP contribution in [0.25, 0.3) is 0 Å². The molecule has 2 atom stereocenters. The van der Waals surface area contributed by atoms with Crippen molar-refractivity contribution in [3.63, 3.8) is 0 Å². The molecule has 41 heavy (non-hydrogen) atoms. The fraction of sp³-hybridized carbons (Fsp3) is 0.219. The molecule has 0 aliphatic carbocycles. The Morgan fingerprint density at radius 3 is 2.27 bits per heavy atom. The van der Waals surface area contributed by atoms with E-state index >= 15 is 0 Å². The van der Waals surface area contributed by atoms with Crippen LogP contribution in [0.2, 0.25) is 5.02 Å². The van der Waals surface area contributed by atoms with E-state index in [1.54, 1.807) is 48.5 Å². The minimum Gasteiger partial charge on any atom is -0.481 e. The second-order valence-electron chi connectivity index (χ2n) is 9.82. The summed E-state index contributed by atoms with van der Waals surface area (Å²) in [5, 5.41) is 20.5. The number of carboxylic acid groups (broad SMARTS) is 1. The highest BCUT2D eigenvalue weighted by Crippen LogP contribution is 2.30. The number of benzene rings is 4. The van der Waals surface area contributed by atoms with Gasteiger partial charge in [-0.15, -0.1) is 0 Å². The van der Waals surface area contributed by atoms with E-state index in [-0.39, 0.29) is 21.6 Å². The van der Waals surface area contributed by atoms with E-state index in [0.717, 1.165) is 16.7 Å². The quantitative estimate of drug-likeness (QED) is 0.202. The summed E-state index contributed by atoms with van der Waals surface area (Å²) in [7, 11) is -3.94. The topological polar surface area (TPSA) is 104 Å². The van der Waals surface area contributed by atoms with E-state index in [4.69, 9.17) is 21.4 Å². The van der Waals surface area contributed by atoms with Crippen molar-refractivity contribution in [1.82, 2.24) is 4.90 Å². The lowest BCUT2D eigenvalue weighted by atomic mass is 10.0. The minimum absolute atomic E-state index is 0.0108. The molecule has 4 aromatic rings. The highest BCUT2D eigenvalue weighted by atomic mass is 35.5. The SMILES string of the molecule is C[C@H](Cc1ccc(S(=O)(=O)c2ccccc2OCC(=O)O)cc1)N(Cc1ccccc1)C[C@H](O)c1cccc(Cl)c1. The highest BCUT2D eigenvalue weighted by molar-refractivity contribution is 7.91. The van der Waals surface area contributed by atoms with Gasteiger partial charge in [0.05, 0.1) is 11.0 Å². The van der Waals surface area contributed by atoms with Gasteiger partial charge >= 0.3 is 5.97 Å². The lowest BCUT2D eigenvalue weighted by Crippen LogP contribution is -2.37. The van der Waals surface area contributed by atoms with Crippen molar-refractivity contribution in [1.29, 1.82) is 0 Å². The Morgan fingerprint density at radius 2 is 1.59 bits per heavy atom. The standard InChI is InChI=1S/C32H32ClNO6S/c1-23(34(20-25-8-3-2-4-9-25)21-29(35)26-10-7-11-27(33)19-26)18-24-14-16-28(17-15-24)41(38,39)31-13-6-5-12-30(31)40-22-32(36)37/h2-17,19,23,29,35H,18,20-22H2,1H3,(H,36,37)/t23-,29+/m1/s1. The van der Waals surface area contributed by atoms with Crippen molar-refractivity contribution in [2.75, 3.05) is 13.2 Å². The van der Waals surface area contributed by atoms with E-state index in [1.165, 1.54) is 12.1 Å². The van der Waals surface area contributed by atoms with E-state index < -0.39 is 28.5 Å². The number of ether oxygens (including phenoxy) is 1. The molecular weight excluding hydrogens is 562 g/mol. The fourth-order valence-corrected chi connectivity index (χ4v) is 6.19. The normalized spacial score (nSPS) is 13.1. The molecule has 4 aromatic carbocycles. The van der Waals surface area contributed by atoms with Crippen molar-refractivity contribution in [3.05, 3.63) is 125 Å². The van der Waals surface area contributed by atoms with Gasteiger partial charge in [-0.3, -0.25) is 4.90 Å². The van der Waals surface area contributed by atoms with Crippen LogP contribution in [0.15, 0.2) is 113 Å². The second-order valence-corrected chi connectivity index (χ2v) is 12.2. The molecule has 0 amide bonds. The first-order valence-corrected chi connectivity index (χ1v) is 15.0. The van der Waals surface area contributed by atoms with Gasteiger partial charge in [0.15, 0.2) is 6.61 Å². The molecule has 0 saturated carbocycles. The van der Waals surface area contributed by atoms with Crippen LogP contribution < -0.4 is 4.74 Å². The molecule has 214 valence electrons. The number of hydrogen-bond donors (Lipinski definition) is 2. The maximum absolute atomic E-state index is 13.4. The van der Waals surface area contributed by atoms with Crippen LogP contribution in [-0.4, -0.2) is 48.7 Å². The third kappa shape index (κ3) is 8.17. The molecule has 0 saturated heterocycles. The zero-order chi connectivity index (χ0) is 29.4. The van der Waals surface area contributed by atoms with Gasteiger partial charge in [0, 0.05) is 24.2 Å². The van der Waals surface area contributed by atoms with Crippen molar-refractivity contribution < 1.29 is 28.2 Å². The molecule has 2 N–H and O–H groups in total. The summed E-state index contributed by atoms with van der Waals surface area (Å²) >= 11 is 6.15. The molecule has 9 heteroatoms. The summed E-state index contributed by atoms with van der Waals surface area (Å²) in [5.41, 5.74) is 2.79. The largest absolute Gasteiger partial charge is 0.481 e. The van der Waals surface area contributed by atoms with Crippen LogP contribution in [0.3, 0.4) is 0 Å². The van der Waals surface area contributed by atoms with Gasteiger partial charge in [-0.05, 0) is 66.4 Å². The predicted octanol–water partition coefficient (Wildman–Crippen LogP) is 5.80. The van der Waals surface area contributed by atoms with Crippen LogP contribution in [-0.2, 0) is 27.6 Å². The number of aliphatic carboxylic acids is 1. The molecule has 0 aliphatic heterocycles. The summed E-state index contributed by atoms with van der Waals surface area (Å²) in [4.78, 5) is 13.1. The van der Waals surface area contributed by atoms with Crippen LogP contribution in [0.4, 0.5) is 0 Å². The second kappa shape index (κ2) is 13.8. The number of aliphatic hydroxyl groups excluding tert-OH is 1. The summed E-state index contributed by atoms with van der Waals surface area (Å²) in [5.74, 6) is -1.21. The molecular formula is C32H32ClNO6S. The first-order chi connectivity index (χ1) is 19.6. The van der Waals surface area contributed by atoms with Gasteiger partial charge in [-0.1, -0.05) is 78.3 Å². The Morgan fingerprint density at radius 1 is 0.902 bits per heavy atom. The van der Waals surface area contributed by atoms with Gasteiger partial charge in [-0.2, -0.15) is 0 Å². The molecule has 0 unspecified atom stereocenters. The molecule has 0 fully saturated rings. The zero-order valence-corrected chi connectivity index (χ0v) is 24.1. The van der Waals surface area contributed by atoms with Crippen LogP contribution in [0.1, 0.15) is 29.7 Å². The molecule has 0 spiro atoms. The predicted molar refractivity (Wildman–Crippen MR) is 158 cm³/mol. The third-order valence-electron chi connectivity index (χ3n) is 6.75. The first-order valence-electron chi connectivity index (χ1n) is 13.1. The Labute approximate surface area is 245 Å². The van der Waals surface area contributed by atoms with E-state index in [0.29, 0.717) is 24.5 Å². The molecule has 0 aliphatic rings. The average Bonchev–Trinajstić information content (AvgIpc) is 2.96. The van der Waals surface area contributed by atoms with Crippen LogP contribution in [0.5, 0.6) is 5.75 Å². The Hall–Kier alpha value is -3.69. The number of sulfone groups is 1. The van der Waals surface area contributed by atoms with E-state index in [2.05, 4.69) is 11.8 Å². The zero-order valence-electron chi connectivity index (χ0n) is 22.6. The number of para-hydroxylation sites is 1. The number of halogens is 1. The van der Waals surface area contributed by atoms with E-state index in [9.17, 15) is 18.3 Å². The first kappa shape index (κ1) is 30.3. The Bertz CT molecular complexity index is 1560. The summed E-state index contributed by atoms with van der Waals surface area (Å²) in [6, 6.07) is 29.9. The third-order valence-corrected chi connectivity index (χ3v) is 8.79. The summed E-state index contributed by atoms with van der Waals surface area (Å²) < 4.78 is 31.9. The highest BCUT2D eigenvalue weighted by Gasteiger charge is 2.24. The van der Waals surface area contributed by atoms with Gasteiger partial charge in [0.1, 0.15) is 10.6 Å². The molecule has 0 aromatic heterocycles. The van der Waals surface area contributed by atoms with Crippen molar-refractivity contribution >= 4 is 27.4 Å². The van der Waals surface area contributed by atoms with Crippen molar-refractivity contribution in [2.24, 2.45) is 0 Å². The number of rotatable bonds is 13. The molecule has 0 bridgehead atoms. The molecule has 7 nitrogen and oxygen atoms in total. The summed E-state index contributed by atoms with van der Waals surface area (Å²) in [6.45, 7) is 2.44. The lowest BCUT2D eigenvalue weighted by Gasteiger charge is -2.31. The molecule has 4 rings (SSSR count). The Balaban J connectivity index is 1.52. The maximum Gasteiger partial charge on any atom is 0.341 e. The van der Waals surface area contributed by atoms with Crippen LogP contribution >= 0.6 is 11.6 Å². The smallest absolute Gasteiger partial charge is 0.341 e. The van der Waals surface area contributed by atoms with Gasteiger partial charge in [0.2, 0.25) is 9.84 Å². The van der Waals surface area contributed by atoms with E-state index in [1.807, 2.05) is 42.5 Å². The minimum atomic E-state index is -3.94.